The molecular weight excluding hydrogens is 256 g/mol. The molecule has 3 fully saturated rings. The van der Waals surface area contributed by atoms with Crippen LogP contribution in [-0.4, -0.2) is 48.3 Å². The number of ether oxygens (including phenoxy) is 1. The lowest BCUT2D eigenvalue weighted by atomic mass is 9.83. The van der Waals surface area contributed by atoms with Crippen molar-refractivity contribution in [1.82, 2.24) is 9.80 Å². The molecule has 0 aliphatic carbocycles. The minimum atomic E-state index is 0.648. The Bertz CT molecular complexity index is 475. The number of allylic oxidation sites excluding steroid dienone is 1. The van der Waals surface area contributed by atoms with Crippen molar-refractivity contribution in [2.75, 3.05) is 32.5 Å². The Morgan fingerprint density at radius 1 is 1.32 bits per heavy atom. The lowest BCUT2D eigenvalue weighted by Crippen LogP contribution is -2.55. The second-order valence-corrected chi connectivity index (χ2v) is 6.69. The van der Waals surface area contributed by atoms with Crippen molar-refractivity contribution < 1.29 is 4.74 Å². The van der Waals surface area contributed by atoms with Gasteiger partial charge in [0, 0.05) is 35.5 Å². The first-order valence-electron chi connectivity index (χ1n) is 7.15. The first-order valence-corrected chi connectivity index (χ1v) is 8.38. The van der Waals surface area contributed by atoms with E-state index in [-0.39, 0.29) is 0 Å². The molecule has 3 nitrogen and oxygen atoms in total. The maximum Gasteiger partial charge on any atom is 0.144 e. The minimum Gasteiger partial charge on any atom is -0.486 e. The van der Waals surface area contributed by atoms with Crippen LogP contribution >= 0.6 is 11.8 Å². The minimum absolute atomic E-state index is 0.648. The van der Waals surface area contributed by atoms with Gasteiger partial charge in [0.25, 0.3) is 0 Å². The molecule has 19 heavy (non-hydrogen) atoms. The SMILES string of the molecule is CSC1=C2C=CN([C@H]3CN4CCC3CC4)C=C2OC1. The van der Waals surface area contributed by atoms with Crippen LogP contribution in [0.15, 0.2) is 34.7 Å². The Balaban J connectivity index is 1.58. The van der Waals surface area contributed by atoms with E-state index in [0.717, 1.165) is 18.3 Å². The molecule has 5 aliphatic rings. The third-order valence-corrected chi connectivity index (χ3v) is 5.69. The van der Waals surface area contributed by atoms with E-state index in [2.05, 4.69) is 34.5 Å². The normalized spacial score (nSPS) is 36.4. The van der Waals surface area contributed by atoms with Crippen molar-refractivity contribution in [1.29, 1.82) is 0 Å². The molecule has 0 aromatic heterocycles. The van der Waals surface area contributed by atoms with Gasteiger partial charge < -0.3 is 14.5 Å². The van der Waals surface area contributed by atoms with E-state index in [9.17, 15) is 0 Å². The summed E-state index contributed by atoms with van der Waals surface area (Å²) in [6.07, 6.45) is 11.6. The number of rotatable bonds is 2. The van der Waals surface area contributed by atoms with Crippen molar-refractivity contribution in [2.24, 2.45) is 5.92 Å². The zero-order valence-electron chi connectivity index (χ0n) is 11.3. The third-order valence-electron chi connectivity index (χ3n) is 4.86. The van der Waals surface area contributed by atoms with Crippen molar-refractivity contribution in [3.05, 3.63) is 34.7 Å². The predicted octanol–water partition coefficient (Wildman–Crippen LogP) is 2.40. The second-order valence-electron chi connectivity index (χ2n) is 5.79. The van der Waals surface area contributed by atoms with Crippen molar-refractivity contribution >= 4 is 11.8 Å². The molecular formula is C15H20N2OS. The van der Waals surface area contributed by atoms with Crippen LogP contribution in [0.4, 0.5) is 0 Å². The molecule has 3 saturated heterocycles. The van der Waals surface area contributed by atoms with Crippen LogP contribution in [0.2, 0.25) is 0 Å². The van der Waals surface area contributed by atoms with E-state index in [1.165, 1.54) is 43.0 Å². The Hall–Kier alpha value is -0.870. The van der Waals surface area contributed by atoms with Crippen LogP contribution < -0.4 is 0 Å². The van der Waals surface area contributed by atoms with E-state index in [1.807, 2.05) is 0 Å². The summed E-state index contributed by atoms with van der Waals surface area (Å²) in [6.45, 7) is 4.56. The molecule has 5 rings (SSSR count). The molecule has 0 aromatic rings. The Morgan fingerprint density at radius 2 is 2.16 bits per heavy atom. The first-order chi connectivity index (χ1) is 9.35. The molecule has 0 unspecified atom stereocenters. The summed E-state index contributed by atoms with van der Waals surface area (Å²) in [5.41, 5.74) is 1.30. The summed E-state index contributed by atoms with van der Waals surface area (Å²) in [4.78, 5) is 6.36. The van der Waals surface area contributed by atoms with E-state index in [0.29, 0.717) is 6.04 Å². The number of hydrogen-bond acceptors (Lipinski definition) is 4. The van der Waals surface area contributed by atoms with Crippen LogP contribution in [0.25, 0.3) is 0 Å². The lowest BCUT2D eigenvalue weighted by Gasteiger charge is -2.48. The molecule has 4 heteroatoms. The number of hydrogen-bond donors (Lipinski definition) is 0. The summed E-state index contributed by atoms with van der Waals surface area (Å²) < 4.78 is 5.82. The topological polar surface area (TPSA) is 15.7 Å². The Morgan fingerprint density at radius 3 is 2.84 bits per heavy atom. The van der Waals surface area contributed by atoms with E-state index >= 15 is 0 Å². The monoisotopic (exact) mass is 276 g/mol. The maximum absolute atomic E-state index is 5.82. The Kier molecular flexibility index (Phi) is 2.88. The standard InChI is InChI=1S/C15H20N2OS/c1-19-15-10-18-14-9-17(7-4-12(14)15)13-8-16-5-2-11(13)3-6-16/h4,7,9,11,13H,2-3,5-6,8,10H2,1H3/t13-/m0/s1. The van der Waals surface area contributed by atoms with E-state index in [1.54, 1.807) is 11.8 Å². The smallest absolute Gasteiger partial charge is 0.144 e. The van der Waals surface area contributed by atoms with Crippen LogP contribution in [0.1, 0.15) is 12.8 Å². The van der Waals surface area contributed by atoms with Gasteiger partial charge in [0.15, 0.2) is 0 Å². The highest BCUT2D eigenvalue weighted by atomic mass is 32.2. The van der Waals surface area contributed by atoms with E-state index in [4.69, 9.17) is 4.74 Å². The molecule has 0 radical (unpaired) electrons. The highest BCUT2D eigenvalue weighted by Crippen LogP contribution is 2.37. The highest BCUT2D eigenvalue weighted by Gasteiger charge is 2.37. The van der Waals surface area contributed by atoms with Crippen LogP contribution in [0.3, 0.4) is 0 Å². The van der Waals surface area contributed by atoms with Crippen LogP contribution in [0, 0.1) is 5.92 Å². The van der Waals surface area contributed by atoms with Gasteiger partial charge in [-0.1, -0.05) is 0 Å². The molecule has 5 aliphatic heterocycles. The van der Waals surface area contributed by atoms with Crippen molar-refractivity contribution in [3.8, 4) is 0 Å². The predicted molar refractivity (Wildman–Crippen MR) is 78.5 cm³/mol. The summed E-state index contributed by atoms with van der Waals surface area (Å²) >= 11 is 1.80. The van der Waals surface area contributed by atoms with Crippen LogP contribution in [0.5, 0.6) is 0 Å². The molecule has 102 valence electrons. The lowest BCUT2D eigenvalue weighted by molar-refractivity contribution is 0.0399. The molecule has 5 heterocycles. The molecule has 0 N–H and O–H groups in total. The largest absolute Gasteiger partial charge is 0.486 e. The molecule has 1 atom stereocenters. The van der Waals surface area contributed by atoms with Gasteiger partial charge in [-0.2, -0.15) is 0 Å². The number of thioether (sulfide) groups is 1. The van der Waals surface area contributed by atoms with Crippen molar-refractivity contribution in [3.63, 3.8) is 0 Å². The van der Waals surface area contributed by atoms with Gasteiger partial charge in [-0.05, 0) is 44.2 Å². The molecule has 0 aromatic carbocycles. The quantitative estimate of drug-likeness (QED) is 0.769. The summed E-state index contributed by atoms with van der Waals surface area (Å²) in [6, 6.07) is 0.648. The maximum atomic E-state index is 5.82. The fraction of sp³-hybridized carbons (Fsp3) is 0.600. The van der Waals surface area contributed by atoms with Gasteiger partial charge in [0.05, 0.1) is 0 Å². The zero-order chi connectivity index (χ0) is 12.8. The van der Waals surface area contributed by atoms with E-state index < -0.39 is 0 Å². The van der Waals surface area contributed by atoms with Gasteiger partial charge in [0.2, 0.25) is 0 Å². The van der Waals surface area contributed by atoms with Gasteiger partial charge >= 0.3 is 0 Å². The second kappa shape index (κ2) is 4.60. The van der Waals surface area contributed by atoms with Gasteiger partial charge in [-0.3, -0.25) is 0 Å². The molecule has 0 saturated carbocycles. The fourth-order valence-corrected chi connectivity index (χ4v) is 4.27. The summed E-state index contributed by atoms with van der Waals surface area (Å²) in [5.74, 6) is 1.93. The fourth-order valence-electron chi connectivity index (χ4n) is 3.70. The molecule has 0 amide bonds. The van der Waals surface area contributed by atoms with Crippen molar-refractivity contribution in [2.45, 2.75) is 18.9 Å². The van der Waals surface area contributed by atoms with Gasteiger partial charge in [-0.25, -0.2) is 0 Å². The highest BCUT2D eigenvalue weighted by molar-refractivity contribution is 8.02. The van der Waals surface area contributed by atoms with Gasteiger partial charge in [-0.15, -0.1) is 11.8 Å². The number of nitrogens with zero attached hydrogens (tertiary/aromatic N) is 2. The number of piperidine rings is 3. The Labute approximate surface area is 119 Å². The zero-order valence-corrected chi connectivity index (χ0v) is 12.2. The number of fused-ring (bicyclic) bond motifs is 4. The average Bonchev–Trinajstić information content (AvgIpc) is 2.90. The van der Waals surface area contributed by atoms with Gasteiger partial charge in [0.1, 0.15) is 12.4 Å². The van der Waals surface area contributed by atoms with Crippen LogP contribution in [-0.2, 0) is 4.74 Å². The third kappa shape index (κ3) is 1.93. The first kappa shape index (κ1) is 11.9. The molecule has 2 bridgehead atoms. The summed E-state index contributed by atoms with van der Waals surface area (Å²) in [5, 5.41) is 0. The molecule has 0 spiro atoms. The average molecular weight is 276 g/mol. The summed E-state index contributed by atoms with van der Waals surface area (Å²) in [7, 11) is 0.